The van der Waals surface area contributed by atoms with Gasteiger partial charge in [-0.15, -0.1) is 0 Å². The number of methoxy groups -OCH3 is 1. The van der Waals surface area contributed by atoms with Crippen molar-refractivity contribution in [2.45, 2.75) is 6.92 Å². The van der Waals surface area contributed by atoms with E-state index in [9.17, 15) is 0 Å². The molecule has 0 aromatic carbocycles. The van der Waals surface area contributed by atoms with Crippen molar-refractivity contribution in [1.82, 2.24) is 0 Å². The van der Waals surface area contributed by atoms with Gasteiger partial charge in [0.25, 0.3) is 0 Å². The topological polar surface area (TPSA) is 12.2 Å². The van der Waals surface area contributed by atoms with Crippen molar-refractivity contribution in [2.75, 3.05) is 21.2 Å². The second kappa shape index (κ2) is 5.12. The normalized spacial score (nSPS) is 15.6. The fourth-order valence-corrected chi connectivity index (χ4v) is 0.183. The molecular formula is C5H12Cl6NOSb. The Labute approximate surface area is 104 Å². The van der Waals surface area contributed by atoms with Gasteiger partial charge in [0.05, 0.1) is 14.0 Å². The van der Waals surface area contributed by atoms with Crippen LogP contribution in [-0.4, -0.2) is 40.8 Å². The van der Waals surface area contributed by atoms with Gasteiger partial charge in [-0.1, -0.05) is 0 Å². The molecule has 0 fully saturated rings. The van der Waals surface area contributed by atoms with Crippen LogP contribution in [0.5, 0.6) is 0 Å². The van der Waals surface area contributed by atoms with Crippen molar-refractivity contribution < 1.29 is 9.31 Å². The Balaban J connectivity index is 0. The summed E-state index contributed by atoms with van der Waals surface area (Å²) < 4.78 is 6.77. The summed E-state index contributed by atoms with van der Waals surface area (Å²) in [6.45, 7) is 1.92. The van der Waals surface area contributed by atoms with Crippen LogP contribution >= 0.6 is 53.0 Å². The average molecular weight is 437 g/mol. The van der Waals surface area contributed by atoms with Crippen LogP contribution in [0.4, 0.5) is 0 Å². The van der Waals surface area contributed by atoms with Gasteiger partial charge >= 0.3 is 68.0 Å². The molecule has 14 heavy (non-hydrogen) atoms. The van der Waals surface area contributed by atoms with Crippen LogP contribution in [0.15, 0.2) is 0 Å². The van der Waals surface area contributed by atoms with E-state index in [-0.39, 0.29) is 0 Å². The average Bonchev–Trinajstić information content (AvgIpc) is 1.78. The molecular weight excluding hydrogens is 425 g/mol. The standard InChI is InChI=1S/C5H12NO.6ClH.Sb/c1-5(7-4)6(2)3;;;;;;;/h1-4H3;6*1H;/q+1;;;;;;;+5/p-6. The molecule has 0 aromatic rings. The quantitative estimate of drug-likeness (QED) is 0.241. The summed E-state index contributed by atoms with van der Waals surface area (Å²) in [6.07, 6.45) is 0. The molecule has 0 aliphatic heterocycles. The van der Waals surface area contributed by atoms with Crippen molar-refractivity contribution in [1.29, 1.82) is 0 Å². The third-order valence-electron chi connectivity index (χ3n) is 0.925. The summed E-state index contributed by atoms with van der Waals surface area (Å²) in [4.78, 5) is 0. The molecule has 0 aliphatic carbocycles. The van der Waals surface area contributed by atoms with Gasteiger partial charge in [0.15, 0.2) is 0 Å². The molecule has 0 aromatic heterocycles. The summed E-state index contributed by atoms with van der Waals surface area (Å²) in [6, 6.07) is 0. The molecule has 0 heterocycles. The van der Waals surface area contributed by atoms with E-state index in [2.05, 4.69) is 0 Å². The Kier molecular flexibility index (Phi) is 6.73. The molecule has 0 bridgehead atoms. The third kappa shape index (κ3) is 36.9. The van der Waals surface area contributed by atoms with Crippen molar-refractivity contribution in [3.05, 3.63) is 0 Å². The van der Waals surface area contributed by atoms with Crippen LogP contribution < -0.4 is 0 Å². The molecule has 0 unspecified atom stereocenters. The van der Waals surface area contributed by atoms with Crippen molar-refractivity contribution >= 4 is 68.0 Å². The van der Waals surface area contributed by atoms with Gasteiger partial charge in [-0.3, -0.25) is 0 Å². The van der Waals surface area contributed by atoms with Crippen molar-refractivity contribution in [3.63, 3.8) is 0 Å². The van der Waals surface area contributed by atoms with E-state index < -0.39 is 9.14 Å². The second-order valence-electron chi connectivity index (χ2n) is 2.58. The zero-order valence-corrected chi connectivity index (χ0v) is 15.2. The summed E-state index contributed by atoms with van der Waals surface area (Å²) >= 11 is 0. The van der Waals surface area contributed by atoms with E-state index in [0.29, 0.717) is 0 Å². The maximum absolute atomic E-state index is 5.42. The SMILES string of the molecule is COC(C)=[N+](C)C.[Cl][Sb-]([Cl])([Cl])([Cl])([Cl])[Cl]. The summed E-state index contributed by atoms with van der Waals surface area (Å²) in [7, 11) is 30.5. The van der Waals surface area contributed by atoms with E-state index in [1.165, 1.54) is 0 Å². The fraction of sp³-hybridized carbons (Fsp3) is 0.800. The van der Waals surface area contributed by atoms with E-state index >= 15 is 0 Å². The summed E-state index contributed by atoms with van der Waals surface area (Å²) in [5.41, 5.74) is 0. The predicted octanol–water partition coefficient (Wildman–Crippen LogP) is 4.08. The zero-order chi connectivity index (χ0) is 12.3. The van der Waals surface area contributed by atoms with Crippen LogP contribution in [0.3, 0.4) is 0 Å². The molecule has 0 amide bonds. The van der Waals surface area contributed by atoms with Gasteiger partial charge in [-0.25, -0.2) is 4.58 Å². The Hall–Kier alpha value is 2.03. The van der Waals surface area contributed by atoms with Gasteiger partial charge in [0.2, 0.25) is 0 Å². The Morgan fingerprint density at radius 2 is 1.21 bits per heavy atom. The molecule has 0 rings (SSSR count). The predicted molar refractivity (Wildman–Crippen MR) is 70.7 cm³/mol. The first-order chi connectivity index (χ1) is 5.63. The van der Waals surface area contributed by atoms with Crippen LogP contribution in [0.25, 0.3) is 0 Å². The van der Waals surface area contributed by atoms with Crippen LogP contribution in [0.1, 0.15) is 6.92 Å². The Bertz CT molecular complexity index is 212. The van der Waals surface area contributed by atoms with Crippen LogP contribution in [-0.2, 0) is 4.74 Å². The number of rotatable bonds is 0. The van der Waals surface area contributed by atoms with Crippen molar-refractivity contribution in [3.8, 4) is 0 Å². The molecule has 2 nitrogen and oxygen atoms in total. The number of nitrogens with zero attached hydrogens (tertiary/aromatic N) is 1. The molecule has 0 saturated heterocycles. The van der Waals surface area contributed by atoms with Crippen LogP contribution in [0.2, 0.25) is 0 Å². The van der Waals surface area contributed by atoms with E-state index in [4.69, 9.17) is 57.7 Å². The first-order valence-electron chi connectivity index (χ1n) is 3.24. The molecule has 0 saturated carbocycles. The molecule has 0 radical (unpaired) electrons. The molecule has 0 aliphatic rings. The maximum atomic E-state index is 5.06. The minimum absolute atomic E-state index is 0.931. The van der Waals surface area contributed by atoms with Gasteiger partial charge in [-0.05, 0) is 0 Å². The van der Waals surface area contributed by atoms with E-state index in [1.807, 2.05) is 25.6 Å². The number of halogens is 6. The van der Waals surface area contributed by atoms with Gasteiger partial charge in [0.1, 0.15) is 14.1 Å². The minimum atomic E-state index is -5.42. The molecule has 0 spiro atoms. The van der Waals surface area contributed by atoms with Gasteiger partial charge < -0.3 is 4.74 Å². The second-order valence-corrected chi connectivity index (χ2v) is 59.5. The Morgan fingerprint density at radius 1 is 1.00 bits per heavy atom. The zero-order valence-electron chi connectivity index (χ0n) is 8.07. The molecule has 0 atom stereocenters. The molecule has 90 valence electrons. The number of ether oxygens (including phenoxy) is 1. The van der Waals surface area contributed by atoms with Gasteiger partial charge in [0, 0.05) is 0 Å². The number of hydrogen-bond acceptors (Lipinski definition) is 1. The van der Waals surface area contributed by atoms with E-state index in [0.717, 1.165) is 5.90 Å². The number of hydrogen-bond donors (Lipinski definition) is 0. The van der Waals surface area contributed by atoms with Crippen LogP contribution in [0, 0.1) is 0 Å². The first-order valence-corrected chi connectivity index (χ1v) is 22.6. The molecule has 9 heteroatoms. The van der Waals surface area contributed by atoms with Gasteiger partial charge in [-0.2, -0.15) is 0 Å². The fourth-order valence-electron chi connectivity index (χ4n) is 0.183. The monoisotopic (exact) mass is 433 g/mol. The molecule has 0 N–H and O–H groups in total. The third-order valence-corrected chi connectivity index (χ3v) is 0.925. The summed E-state index contributed by atoms with van der Waals surface area (Å²) in [5, 5.41) is 0. The summed E-state index contributed by atoms with van der Waals surface area (Å²) in [5.74, 6) is 0.931. The Morgan fingerprint density at radius 3 is 1.21 bits per heavy atom. The van der Waals surface area contributed by atoms with E-state index in [1.54, 1.807) is 7.11 Å². The van der Waals surface area contributed by atoms with Crippen molar-refractivity contribution in [2.24, 2.45) is 0 Å². The first kappa shape index (κ1) is 18.4.